The fraction of sp³-hybridized carbons (Fsp3) is 0.429. The van der Waals surface area contributed by atoms with Crippen LogP contribution in [0.4, 0.5) is 0 Å². The van der Waals surface area contributed by atoms with Gasteiger partial charge in [0.25, 0.3) is 5.91 Å². The summed E-state index contributed by atoms with van der Waals surface area (Å²) in [7, 11) is 0. The molecule has 5 rings (SSSR count). The molecule has 1 saturated carbocycles. The number of aliphatic hydroxyl groups excluding tert-OH is 1. The Labute approximate surface area is 220 Å². The number of benzene rings is 2. The van der Waals surface area contributed by atoms with Crippen LogP contribution in [0.5, 0.6) is 5.75 Å². The van der Waals surface area contributed by atoms with Gasteiger partial charge in [-0.15, -0.1) is 0 Å². The lowest BCUT2D eigenvalue weighted by Crippen LogP contribution is -2.42. The molecule has 36 heavy (non-hydrogen) atoms. The van der Waals surface area contributed by atoms with Gasteiger partial charge in [-0.2, -0.15) is 0 Å². The Morgan fingerprint density at radius 2 is 2.19 bits per heavy atom. The molecule has 1 fully saturated rings. The van der Waals surface area contributed by atoms with Crippen LogP contribution < -0.4 is 10.1 Å². The lowest BCUT2D eigenvalue weighted by molar-refractivity contribution is 0.0841. The van der Waals surface area contributed by atoms with Gasteiger partial charge in [0.05, 0.1) is 16.8 Å². The van der Waals surface area contributed by atoms with Gasteiger partial charge in [0.2, 0.25) is 0 Å². The third-order valence-corrected chi connectivity index (χ3v) is 8.01. The van der Waals surface area contributed by atoms with E-state index in [1.807, 2.05) is 24.3 Å². The molecule has 3 aromatic rings. The van der Waals surface area contributed by atoms with E-state index in [0.717, 1.165) is 42.1 Å². The van der Waals surface area contributed by atoms with Crippen molar-refractivity contribution in [2.45, 2.75) is 51.4 Å². The van der Waals surface area contributed by atoms with Gasteiger partial charge in [-0.25, -0.2) is 4.98 Å². The Morgan fingerprint density at radius 3 is 2.97 bits per heavy atom. The number of nitrogens with one attached hydrogen (secondary N) is 1. The monoisotopic (exact) mass is 553 g/mol. The van der Waals surface area contributed by atoms with Crippen molar-refractivity contribution >= 4 is 21.8 Å². The maximum Gasteiger partial charge on any atom is 0.251 e. The van der Waals surface area contributed by atoms with E-state index < -0.39 is 6.10 Å². The van der Waals surface area contributed by atoms with E-state index in [2.05, 4.69) is 43.3 Å². The van der Waals surface area contributed by atoms with Crippen molar-refractivity contribution in [3.63, 3.8) is 0 Å². The zero-order chi connectivity index (χ0) is 24.9. The number of aliphatic hydroxyl groups is 1. The third kappa shape index (κ3) is 6.17. The summed E-state index contributed by atoms with van der Waals surface area (Å²) in [5.41, 5.74) is 4.32. The van der Waals surface area contributed by atoms with E-state index in [9.17, 15) is 9.90 Å². The normalized spacial score (nSPS) is 16.7. The summed E-state index contributed by atoms with van der Waals surface area (Å²) in [5, 5.41) is 13.5. The first-order valence-electron chi connectivity index (χ1n) is 12.6. The molecule has 0 unspecified atom stereocenters. The molecule has 2 N–H and O–H groups in total. The van der Waals surface area contributed by atoms with Gasteiger partial charge < -0.3 is 19.6 Å². The Bertz CT molecular complexity index is 1180. The van der Waals surface area contributed by atoms with E-state index in [1.165, 1.54) is 42.3 Å². The molecule has 1 aliphatic carbocycles. The molecule has 2 aliphatic rings. The zero-order valence-electron chi connectivity index (χ0n) is 20.3. The minimum atomic E-state index is -0.637. The fourth-order valence-electron chi connectivity index (χ4n) is 4.92. The number of β-amino-alcohol motifs (C(OH)–C–C–N with tert-alkyl or cyclic N) is 1. The van der Waals surface area contributed by atoms with Crippen LogP contribution in [0.2, 0.25) is 0 Å². The van der Waals surface area contributed by atoms with E-state index in [-0.39, 0.29) is 12.5 Å². The first kappa shape index (κ1) is 25.0. The second-order valence-corrected chi connectivity index (χ2v) is 10.6. The number of nitrogens with zero attached hydrogens (tertiary/aromatic N) is 2. The van der Waals surface area contributed by atoms with Crippen molar-refractivity contribution < 1.29 is 19.1 Å². The van der Waals surface area contributed by atoms with Crippen LogP contribution in [0.15, 0.2) is 57.9 Å². The van der Waals surface area contributed by atoms with Gasteiger partial charge >= 0.3 is 0 Å². The maximum atomic E-state index is 12.7. The topological polar surface area (TPSA) is 87.8 Å². The quantitative estimate of drug-likeness (QED) is 0.384. The molecule has 0 radical (unpaired) electrons. The minimum Gasteiger partial charge on any atom is -0.484 e. The predicted molar refractivity (Wildman–Crippen MR) is 140 cm³/mol. The molecule has 2 aromatic carbocycles. The van der Waals surface area contributed by atoms with E-state index >= 15 is 0 Å². The summed E-state index contributed by atoms with van der Waals surface area (Å²) < 4.78 is 12.1. The Morgan fingerprint density at radius 1 is 1.31 bits per heavy atom. The first-order valence-corrected chi connectivity index (χ1v) is 13.4. The van der Waals surface area contributed by atoms with E-state index in [0.29, 0.717) is 24.5 Å². The van der Waals surface area contributed by atoms with E-state index in [1.54, 1.807) is 6.20 Å². The number of carbonyl (C=O) groups is 1. The van der Waals surface area contributed by atoms with Crippen molar-refractivity contribution in [1.82, 2.24) is 15.2 Å². The number of halogens is 1. The molecular weight excluding hydrogens is 522 g/mol. The number of carbonyl (C=O) groups excluding carboxylic acids is 1. The Kier molecular flexibility index (Phi) is 8.04. The number of fused-ring (bicyclic) bond motifs is 1. The molecule has 0 spiro atoms. The molecule has 1 amide bonds. The van der Waals surface area contributed by atoms with Gasteiger partial charge in [0.1, 0.15) is 12.4 Å². The SMILES string of the molecule is O=C(NC[C@H](O)CN1CCc2c(ccc(OCc3cnco3)c2Br)C1)c1cccc(CC2CCC2)c1. The van der Waals surface area contributed by atoms with Crippen LogP contribution >= 0.6 is 15.9 Å². The molecular formula is C28H32BrN3O4. The number of hydrogen-bond acceptors (Lipinski definition) is 6. The highest BCUT2D eigenvalue weighted by Crippen LogP contribution is 2.35. The van der Waals surface area contributed by atoms with Crippen LogP contribution in [0.25, 0.3) is 0 Å². The third-order valence-electron chi connectivity index (χ3n) is 7.14. The van der Waals surface area contributed by atoms with Gasteiger partial charge in [-0.3, -0.25) is 9.69 Å². The highest BCUT2D eigenvalue weighted by atomic mass is 79.9. The predicted octanol–water partition coefficient (Wildman–Crippen LogP) is 4.51. The molecule has 1 atom stereocenters. The van der Waals surface area contributed by atoms with Crippen LogP contribution in [0.1, 0.15) is 52.1 Å². The zero-order valence-corrected chi connectivity index (χ0v) is 21.9. The van der Waals surface area contributed by atoms with Gasteiger partial charge in [0.15, 0.2) is 12.2 Å². The smallest absolute Gasteiger partial charge is 0.251 e. The average Bonchev–Trinajstić information content (AvgIpc) is 3.38. The molecule has 190 valence electrons. The summed E-state index contributed by atoms with van der Waals surface area (Å²) in [6.45, 7) is 2.62. The number of aromatic nitrogens is 1. The number of oxazole rings is 1. The van der Waals surface area contributed by atoms with Gasteiger partial charge in [-0.1, -0.05) is 37.5 Å². The highest BCUT2D eigenvalue weighted by molar-refractivity contribution is 9.10. The lowest BCUT2D eigenvalue weighted by Gasteiger charge is -2.31. The molecule has 0 saturated heterocycles. The molecule has 2 heterocycles. The number of ether oxygens (including phenoxy) is 1. The number of amides is 1. The summed E-state index contributed by atoms with van der Waals surface area (Å²) in [5.74, 6) is 2.08. The first-order chi connectivity index (χ1) is 17.5. The van der Waals surface area contributed by atoms with Gasteiger partial charge in [-0.05, 0) is 69.6 Å². The number of rotatable bonds is 10. The molecule has 7 nitrogen and oxygen atoms in total. The number of hydrogen-bond donors (Lipinski definition) is 2. The second-order valence-electron chi connectivity index (χ2n) is 9.82. The molecule has 0 bridgehead atoms. The maximum absolute atomic E-state index is 12.7. The molecule has 1 aromatic heterocycles. The largest absolute Gasteiger partial charge is 0.484 e. The second kappa shape index (κ2) is 11.6. The van der Waals surface area contributed by atoms with Crippen molar-refractivity contribution in [2.24, 2.45) is 5.92 Å². The van der Waals surface area contributed by atoms with Crippen molar-refractivity contribution in [3.8, 4) is 5.75 Å². The Balaban J connectivity index is 1.10. The van der Waals surface area contributed by atoms with Crippen molar-refractivity contribution in [1.29, 1.82) is 0 Å². The van der Waals surface area contributed by atoms with Crippen LogP contribution in [-0.4, -0.2) is 46.6 Å². The van der Waals surface area contributed by atoms with Crippen molar-refractivity contribution in [2.75, 3.05) is 19.6 Å². The average molecular weight is 554 g/mol. The van der Waals surface area contributed by atoms with Crippen LogP contribution in [-0.2, 0) is 26.0 Å². The Hall–Kier alpha value is -2.68. The summed E-state index contributed by atoms with van der Waals surface area (Å²) in [4.78, 5) is 18.8. The highest BCUT2D eigenvalue weighted by Gasteiger charge is 2.23. The summed E-state index contributed by atoms with van der Waals surface area (Å²) >= 11 is 3.70. The lowest BCUT2D eigenvalue weighted by atomic mass is 9.81. The molecule has 1 aliphatic heterocycles. The summed E-state index contributed by atoms with van der Waals surface area (Å²) in [6.07, 6.45) is 8.20. The fourth-order valence-corrected chi connectivity index (χ4v) is 5.62. The minimum absolute atomic E-state index is 0.129. The molecule has 8 heteroatoms. The van der Waals surface area contributed by atoms with E-state index in [4.69, 9.17) is 9.15 Å². The standard InChI is InChI=1S/C28H32BrN3O4/c29-27-25-9-10-32(15-22(25)7-8-26(27)35-17-24-14-30-18-36-24)16-23(33)13-31-28(34)21-6-2-5-20(12-21)11-19-3-1-4-19/h2,5-8,12,14,18-19,23,33H,1,3-4,9-11,13,15-17H2,(H,31,34)/t23-/m0/s1. The summed E-state index contributed by atoms with van der Waals surface area (Å²) in [6, 6.07) is 11.9. The van der Waals surface area contributed by atoms with Crippen LogP contribution in [0.3, 0.4) is 0 Å². The van der Waals surface area contributed by atoms with Crippen molar-refractivity contribution in [3.05, 3.63) is 81.5 Å². The van der Waals surface area contributed by atoms with Crippen LogP contribution in [0, 0.1) is 5.92 Å². The van der Waals surface area contributed by atoms with Gasteiger partial charge in [0, 0.05) is 31.7 Å².